The smallest absolute Gasteiger partial charge is 0.00726 e. The molecule has 2 rings (SSSR count). The van der Waals surface area contributed by atoms with Gasteiger partial charge in [0, 0.05) is 18.8 Å². The first-order chi connectivity index (χ1) is 7.35. The summed E-state index contributed by atoms with van der Waals surface area (Å²) in [5, 5.41) is 0. The first kappa shape index (κ1) is 11.7. The Balaban J connectivity index is 1.87. The van der Waals surface area contributed by atoms with Crippen LogP contribution in [0.4, 0.5) is 0 Å². The summed E-state index contributed by atoms with van der Waals surface area (Å²) in [7, 11) is 0. The molecular formula is C12H24N2S. The molecule has 0 aromatic rings. The van der Waals surface area contributed by atoms with Crippen LogP contribution in [0.1, 0.15) is 32.1 Å². The summed E-state index contributed by atoms with van der Waals surface area (Å²) in [6, 6.07) is 0. The van der Waals surface area contributed by atoms with Gasteiger partial charge in [-0.3, -0.25) is 0 Å². The van der Waals surface area contributed by atoms with Gasteiger partial charge in [-0.25, -0.2) is 0 Å². The summed E-state index contributed by atoms with van der Waals surface area (Å²) >= 11 is 2.11. The summed E-state index contributed by atoms with van der Waals surface area (Å²) in [6.07, 6.45) is 6.91. The zero-order valence-electron chi connectivity index (χ0n) is 9.71. The van der Waals surface area contributed by atoms with Crippen molar-refractivity contribution in [1.29, 1.82) is 0 Å². The Morgan fingerprint density at radius 2 is 1.87 bits per heavy atom. The average Bonchev–Trinajstić information content (AvgIpc) is 2.57. The molecule has 2 N–H and O–H groups in total. The second-order valence-electron chi connectivity index (χ2n) is 5.15. The number of hydrogen-bond acceptors (Lipinski definition) is 3. The molecule has 0 unspecified atom stereocenters. The molecule has 0 radical (unpaired) electrons. The molecule has 2 aliphatic rings. The van der Waals surface area contributed by atoms with Crippen LogP contribution in [0.5, 0.6) is 0 Å². The SMILES string of the molecule is NCC1(CN2CCCSCC2)CCCC1. The summed E-state index contributed by atoms with van der Waals surface area (Å²) in [5.41, 5.74) is 6.47. The molecule has 2 fully saturated rings. The van der Waals surface area contributed by atoms with Crippen LogP contribution in [0.2, 0.25) is 0 Å². The van der Waals surface area contributed by atoms with Gasteiger partial charge in [-0.05, 0) is 43.5 Å². The molecule has 1 saturated heterocycles. The molecule has 15 heavy (non-hydrogen) atoms. The predicted octanol–water partition coefficient (Wildman–Crippen LogP) is 1.94. The van der Waals surface area contributed by atoms with E-state index in [-0.39, 0.29) is 0 Å². The Bertz CT molecular complexity index is 182. The second kappa shape index (κ2) is 5.55. The molecule has 1 saturated carbocycles. The second-order valence-corrected chi connectivity index (χ2v) is 6.38. The van der Waals surface area contributed by atoms with E-state index in [1.165, 1.54) is 63.2 Å². The van der Waals surface area contributed by atoms with Crippen molar-refractivity contribution in [2.24, 2.45) is 11.1 Å². The topological polar surface area (TPSA) is 29.3 Å². The van der Waals surface area contributed by atoms with Crippen LogP contribution < -0.4 is 5.73 Å². The Kier molecular flexibility index (Phi) is 4.35. The lowest BCUT2D eigenvalue weighted by Crippen LogP contribution is -2.41. The molecule has 1 aliphatic carbocycles. The largest absolute Gasteiger partial charge is 0.330 e. The lowest BCUT2D eigenvalue weighted by molar-refractivity contribution is 0.166. The summed E-state index contributed by atoms with van der Waals surface area (Å²) in [4.78, 5) is 2.66. The van der Waals surface area contributed by atoms with Crippen molar-refractivity contribution in [3.63, 3.8) is 0 Å². The van der Waals surface area contributed by atoms with Crippen LogP contribution in [0, 0.1) is 5.41 Å². The van der Waals surface area contributed by atoms with Crippen LogP contribution in [0.15, 0.2) is 0 Å². The van der Waals surface area contributed by atoms with Crippen LogP contribution in [-0.2, 0) is 0 Å². The first-order valence-corrected chi connectivity index (χ1v) is 7.50. The monoisotopic (exact) mass is 228 g/mol. The quantitative estimate of drug-likeness (QED) is 0.800. The zero-order chi connectivity index (χ0) is 10.6. The van der Waals surface area contributed by atoms with E-state index in [0.29, 0.717) is 5.41 Å². The van der Waals surface area contributed by atoms with Crippen molar-refractivity contribution in [3.05, 3.63) is 0 Å². The standard InChI is InChI=1S/C12H24N2S/c13-10-12(4-1-2-5-12)11-14-6-3-8-15-9-7-14/h1-11,13H2. The van der Waals surface area contributed by atoms with Gasteiger partial charge in [0.25, 0.3) is 0 Å². The fraction of sp³-hybridized carbons (Fsp3) is 1.00. The fourth-order valence-corrected chi connectivity index (χ4v) is 3.91. The van der Waals surface area contributed by atoms with Gasteiger partial charge in [-0.1, -0.05) is 12.8 Å². The van der Waals surface area contributed by atoms with E-state index in [4.69, 9.17) is 5.73 Å². The van der Waals surface area contributed by atoms with E-state index in [1.54, 1.807) is 0 Å². The van der Waals surface area contributed by atoms with Crippen LogP contribution in [0.25, 0.3) is 0 Å². The Morgan fingerprint density at radius 3 is 2.60 bits per heavy atom. The molecule has 1 heterocycles. The molecular weight excluding hydrogens is 204 g/mol. The number of nitrogens with two attached hydrogens (primary N) is 1. The maximum Gasteiger partial charge on any atom is 0.00726 e. The van der Waals surface area contributed by atoms with Gasteiger partial charge in [-0.2, -0.15) is 11.8 Å². The molecule has 0 atom stereocenters. The lowest BCUT2D eigenvalue weighted by Gasteiger charge is -2.33. The third kappa shape index (κ3) is 3.11. The zero-order valence-corrected chi connectivity index (χ0v) is 10.5. The van der Waals surface area contributed by atoms with Gasteiger partial charge in [0.2, 0.25) is 0 Å². The molecule has 2 nitrogen and oxygen atoms in total. The number of hydrogen-bond donors (Lipinski definition) is 1. The van der Waals surface area contributed by atoms with Gasteiger partial charge in [0.05, 0.1) is 0 Å². The summed E-state index contributed by atoms with van der Waals surface area (Å²) in [6.45, 7) is 4.75. The minimum Gasteiger partial charge on any atom is -0.330 e. The summed E-state index contributed by atoms with van der Waals surface area (Å²) < 4.78 is 0. The van der Waals surface area contributed by atoms with Crippen LogP contribution >= 0.6 is 11.8 Å². The van der Waals surface area contributed by atoms with Crippen molar-refractivity contribution in [2.75, 3.05) is 37.7 Å². The van der Waals surface area contributed by atoms with Crippen molar-refractivity contribution < 1.29 is 0 Å². The highest BCUT2D eigenvalue weighted by Gasteiger charge is 2.34. The Hall–Kier alpha value is 0.270. The van der Waals surface area contributed by atoms with Crippen LogP contribution in [-0.4, -0.2) is 42.6 Å². The van der Waals surface area contributed by atoms with Crippen molar-refractivity contribution in [2.45, 2.75) is 32.1 Å². The molecule has 88 valence electrons. The fourth-order valence-electron chi connectivity index (χ4n) is 2.98. The molecule has 0 aromatic heterocycles. The van der Waals surface area contributed by atoms with Gasteiger partial charge < -0.3 is 10.6 Å². The Morgan fingerprint density at radius 1 is 1.07 bits per heavy atom. The van der Waals surface area contributed by atoms with E-state index < -0.39 is 0 Å². The highest BCUT2D eigenvalue weighted by molar-refractivity contribution is 7.99. The molecule has 0 amide bonds. The number of rotatable bonds is 3. The van der Waals surface area contributed by atoms with E-state index in [0.717, 1.165) is 6.54 Å². The van der Waals surface area contributed by atoms with Gasteiger partial charge in [0.15, 0.2) is 0 Å². The minimum absolute atomic E-state index is 0.481. The molecule has 3 heteroatoms. The average molecular weight is 228 g/mol. The maximum absolute atomic E-state index is 5.99. The molecule has 0 spiro atoms. The predicted molar refractivity (Wildman–Crippen MR) is 68.3 cm³/mol. The highest BCUT2D eigenvalue weighted by Crippen LogP contribution is 2.38. The molecule has 0 aromatic carbocycles. The van der Waals surface area contributed by atoms with E-state index in [1.807, 2.05) is 0 Å². The lowest BCUT2D eigenvalue weighted by atomic mass is 9.85. The van der Waals surface area contributed by atoms with Gasteiger partial charge in [-0.15, -0.1) is 0 Å². The number of thioether (sulfide) groups is 1. The first-order valence-electron chi connectivity index (χ1n) is 6.35. The summed E-state index contributed by atoms with van der Waals surface area (Å²) in [5.74, 6) is 2.67. The maximum atomic E-state index is 5.99. The molecule has 1 aliphatic heterocycles. The van der Waals surface area contributed by atoms with Crippen LogP contribution in [0.3, 0.4) is 0 Å². The van der Waals surface area contributed by atoms with Crippen molar-refractivity contribution in [3.8, 4) is 0 Å². The minimum atomic E-state index is 0.481. The Labute approximate surface area is 98.0 Å². The van der Waals surface area contributed by atoms with Gasteiger partial charge >= 0.3 is 0 Å². The van der Waals surface area contributed by atoms with Crippen molar-refractivity contribution in [1.82, 2.24) is 4.90 Å². The third-order valence-electron chi connectivity index (χ3n) is 3.97. The van der Waals surface area contributed by atoms with E-state index in [9.17, 15) is 0 Å². The third-order valence-corrected chi connectivity index (χ3v) is 5.02. The normalized spacial score (nSPS) is 27.8. The van der Waals surface area contributed by atoms with E-state index >= 15 is 0 Å². The number of nitrogens with zero attached hydrogens (tertiary/aromatic N) is 1. The van der Waals surface area contributed by atoms with Crippen molar-refractivity contribution >= 4 is 11.8 Å². The van der Waals surface area contributed by atoms with E-state index in [2.05, 4.69) is 16.7 Å². The highest BCUT2D eigenvalue weighted by atomic mass is 32.2. The molecule has 0 bridgehead atoms. The van der Waals surface area contributed by atoms with Gasteiger partial charge in [0.1, 0.15) is 0 Å².